The van der Waals surface area contributed by atoms with Crippen molar-refractivity contribution in [2.24, 2.45) is 11.1 Å². The monoisotopic (exact) mass is 239 g/mol. The van der Waals surface area contributed by atoms with E-state index < -0.39 is 17.4 Å². The van der Waals surface area contributed by atoms with Gasteiger partial charge in [-0.05, 0) is 26.2 Å². The van der Waals surface area contributed by atoms with Crippen LogP contribution in [0, 0.1) is 5.41 Å². The lowest BCUT2D eigenvalue weighted by atomic mass is 9.80. The molecule has 0 aromatic carbocycles. The van der Waals surface area contributed by atoms with E-state index in [2.05, 4.69) is 0 Å². The van der Waals surface area contributed by atoms with Crippen LogP contribution in [0.5, 0.6) is 0 Å². The van der Waals surface area contributed by atoms with E-state index in [1.165, 1.54) is 38.0 Å². The Morgan fingerprint density at radius 1 is 1.41 bits per heavy atom. The minimum absolute atomic E-state index is 0.0359. The summed E-state index contributed by atoms with van der Waals surface area (Å²) in [5, 5.41) is 17.5. The Morgan fingerprint density at radius 2 is 1.94 bits per heavy atom. The second-order valence-corrected chi connectivity index (χ2v) is 4.59. The second-order valence-electron chi connectivity index (χ2n) is 4.59. The highest BCUT2D eigenvalue weighted by Crippen LogP contribution is 2.31. The number of rotatable bonds is 2. The summed E-state index contributed by atoms with van der Waals surface area (Å²) in [7, 11) is 0. The molecule has 0 radical (unpaired) electrons. The second kappa shape index (κ2) is 5.14. The van der Waals surface area contributed by atoms with Gasteiger partial charge in [0.1, 0.15) is 0 Å². The molecule has 94 valence electrons. The van der Waals surface area contributed by atoms with Crippen molar-refractivity contribution in [1.82, 2.24) is 0 Å². The summed E-state index contributed by atoms with van der Waals surface area (Å²) in [6.45, 7) is 1.50. The van der Waals surface area contributed by atoms with Gasteiger partial charge in [-0.1, -0.05) is 18.2 Å². The largest absolute Gasteiger partial charge is 0.481 e. The fourth-order valence-electron chi connectivity index (χ4n) is 1.28. The Kier molecular flexibility index (Phi) is 4.07. The molecular formula is C12H17NO4. The van der Waals surface area contributed by atoms with Gasteiger partial charge in [0.15, 0.2) is 0 Å². The molecule has 2 rings (SSSR count). The van der Waals surface area contributed by atoms with E-state index >= 15 is 0 Å². The first kappa shape index (κ1) is 13.4. The molecule has 0 aliphatic heterocycles. The number of nitrogens with two attached hydrogens (primary N) is 1. The molecule has 17 heavy (non-hydrogen) atoms. The van der Waals surface area contributed by atoms with Gasteiger partial charge in [0.25, 0.3) is 0 Å². The van der Waals surface area contributed by atoms with Crippen molar-refractivity contribution in [3.05, 3.63) is 23.8 Å². The van der Waals surface area contributed by atoms with Crippen LogP contribution in [0.25, 0.3) is 0 Å². The third-order valence-corrected chi connectivity index (χ3v) is 2.70. The molecule has 0 saturated heterocycles. The fourth-order valence-corrected chi connectivity index (χ4v) is 1.28. The van der Waals surface area contributed by atoms with Crippen molar-refractivity contribution in [3.8, 4) is 0 Å². The van der Waals surface area contributed by atoms with Crippen LogP contribution >= 0.6 is 0 Å². The van der Waals surface area contributed by atoms with E-state index in [-0.39, 0.29) is 12.0 Å². The number of hydrogen-bond donors (Lipinski definition) is 3. The molecule has 1 fully saturated rings. The summed E-state index contributed by atoms with van der Waals surface area (Å²) in [5.74, 6) is -2.06. The van der Waals surface area contributed by atoms with Crippen molar-refractivity contribution in [2.75, 3.05) is 0 Å². The van der Waals surface area contributed by atoms with E-state index in [0.717, 1.165) is 0 Å². The first-order valence-electron chi connectivity index (χ1n) is 5.46. The first-order valence-corrected chi connectivity index (χ1v) is 5.46. The fraction of sp³-hybridized carbons (Fsp3) is 0.500. The predicted octanol–water partition coefficient (Wildman–Crippen LogP) is 1.16. The first-order chi connectivity index (χ1) is 7.85. The van der Waals surface area contributed by atoms with E-state index in [1.807, 2.05) is 0 Å². The van der Waals surface area contributed by atoms with Crippen LogP contribution in [0.4, 0.5) is 0 Å². The maximum atomic E-state index is 10.8. The van der Waals surface area contributed by atoms with Crippen LogP contribution in [0.1, 0.15) is 26.2 Å². The van der Waals surface area contributed by atoms with Crippen molar-refractivity contribution in [3.63, 3.8) is 0 Å². The summed E-state index contributed by atoms with van der Waals surface area (Å²) in [6, 6.07) is 0.583. The van der Waals surface area contributed by atoms with Crippen LogP contribution in [-0.4, -0.2) is 28.2 Å². The van der Waals surface area contributed by atoms with Crippen LogP contribution in [0.15, 0.2) is 23.8 Å². The Balaban J connectivity index is 0.000000302. The third-order valence-electron chi connectivity index (χ3n) is 2.70. The number of carboxylic acid groups (broad SMARTS) is 2. The molecule has 1 saturated carbocycles. The van der Waals surface area contributed by atoms with Gasteiger partial charge in [-0.3, -0.25) is 4.79 Å². The van der Waals surface area contributed by atoms with Gasteiger partial charge in [0, 0.05) is 11.6 Å². The SMILES string of the molecule is CC1(C(=O)O)C=CC=C(C(=O)O)C1.NC1CC1. The number of allylic oxidation sites excluding steroid dienone is 2. The Morgan fingerprint density at radius 3 is 2.29 bits per heavy atom. The molecule has 2 aliphatic rings. The average Bonchev–Trinajstić information content (AvgIpc) is 3.01. The number of hydrogen-bond acceptors (Lipinski definition) is 3. The summed E-state index contributed by atoms with van der Waals surface area (Å²) in [6.07, 6.45) is 6.96. The van der Waals surface area contributed by atoms with E-state index in [0.29, 0.717) is 6.04 Å². The summed E-state index contributed by atoms with van der Waals surface area (Å²) in [4.78, 5) is 21.3. The molecule has 0 amide bonds. The highest BCUT2D eigenvalue weighted by atomic mass is 16.4. The molecule has 1 unspecified atom stereocenters. The molecule has 0 aromatic rings. The molecule has 1 atom stereocenters. The number of aliphatic carboxylic acids is 2. The minimum atomic E-state index is -1.08. The van der Waals surface area contributed by atoms with Gasteiger partial charge < -0.3 is 15.9 Å². The molecule has 0 spiro atoms. The summed E-state index contributed by atoms with van der Waals surface area (Å²) in [5.41, 5.74) is 4.27. The maximum Gasteiger partial charge on any atom is 0.331 e. The van der Waals surface area contributed by atoms with Crippen molar-refractivity contribution < 1.29 is 19.8 Å². The zero-order valence-electron chi connectivity index (χ0n) is 9.72. The van der Waals surface area contributed by atoms with E-state index in [1.54, 1.807) is 0 Å². The topological polar surface area (TPSA) is 101 Å². The van der Waals surface area contributed by atoms with Crippen molar-refractivity contribution in [1.29, 1.82) is 0 Å². The van der Waals surface area contributed by atoms with Crippen LogP contribution in [-0.2, 0) is 9.59 Å². The zero-order valence-corrected chi connectivity index (χ0v) is 9.72. The van der Waals surface area contributed by atoms with E-state index in [9.17, 15) is 9.59 Å². The van der Waals surface area contributed by atoms with Gasteiger partial charge in [-0.15, -0.1) is 0 Å². The van der Waals surface area contributed by atoms with Crippen molar-refractivity contribution >= 4 is 11.9 Å². The van der Waals surface area contributed by atoms with Crippen LogP contribution in [0.3, 0.4) is 0 Å². The highest BCUT2D eigenvalue weighted by Gasteiger charge is 2.34. The summed E-state index contributed by atoms with van der Waals surface area (Å²) < 4.78 is 0. The van der Waals surface area contributed by atoms with Crippen LogP contribution < -0.4 is 5.73 Å². The lowest BCUT2D eigenvalue weighted by Gasteiger charge is -2.23. The molecule has 5 heteroatoms. The smallest absolute Gasteiger partial charge is 0.331 e. The molecule has 0 bridgehead atoms. The van der Waals surface area contributed by atoms with Gasteiger partial charge in [-0.25, -0.2) is 4.79 Å². The van der Waals surface area contributed by atoms with Gasteiger partial charge in [0.2, 0.25) is 0 Å². The molecule has 0 aromatic heterocycles. The predicted molar refractivity (Wildman–Crippen MR) is 62.4 cm³/mol. The standard InChI is InChI=1S/C9H10O4.C3H7N/c1-9(8(12)13)4-2-3-6(5-9)7(10)11;4-3-1-2-3/h2-4H,5H2,1H3,(H,10,11)(H,12,13);3H,1-2,4H2. The number of carboxylic acids is 2. The Labute approximate surface area is 99.6 Å². The highest BCUT2D eigenvalue weighted by molar-refractivity contribution is 5.90. The van der Waals surface area contributed by atoms with Gasteiger partial charge in [0.05, 0.1) is 5.41 Å². The van der Waals surface area contributed by atoms with Crippen molar-refractivity contribution in [2.45, 2.75) is 32.2 Å². The quantitative estimate of drug-likeness (QED) is 0.671. The maximum absolute atomic E-state index is 10.8. The lowest BCUT2D eigenvalue weighted by Crippen LogP contribution is -2.28. The third kappa shape index (κ3) is 4.03. The summed E-state index contributed by atoms with van der Waals surface area (Å²) >= 11 is 0. The van der Waals surface area contributed by atoms with E-state index in [4.69, 9.17) is 15.9 Å². The van der Waals surface area contributed by atoms with Crippen LogP contribution in [0.2, 0.25) is 0 Å². The minimum Gasteiger partial charge on any atom is -0.481 e. The average molecular weight is 239 g/mol. The molecular weight excluding hydrogens is 222 g/mol. The number of carbonyl (C=O) groups is 2. The van der Waals surface area contributed by atoms with Gasteiger partial charge >= 0.3 is 11.9 Å². The zero-order chi connectivity index (χ0) is 13.1. The van der Waals surface area contributed by atoms with Gasteiger partial charge in [-0.2, -0.15) is 0 Å². The lowest BCUT2D eigenvalue weighted by molar-refractivity contribution is -0.145. The molecule has 4 N–H and O–H groups in total. The normalized spacial score (nSPS) is 26.6. The molecule has 0 heterocycles. The Hall–Kier alpha value is -1.62. The molecule has 2 aliphatic carbocycles. The Bertz CT molecular complexity index is 382. The molecule has 5 nitrogen and oxygen atoms in total.